The molecule has 106 valence electrons. The molecule has 0 aliphatic rings. The Bertz CT molecular complexity index is 748. The quantitative estimate of drug-likeness (QED) is 0.722. The van der Waals surface area contributed by atoms with Gasteiger partial charge in [0.2, 0.25) is 0 Å². The standard InChI is InChI=1S/C17H16N2OS/c1-3-12(4-2)18-11-13-9-10-15(20-13)17-19-14-7-5-6-8-16(14)21-17/h1,5-10,12,18H,4,11H2,2H3. The first-order chi connectivity index (χ1) is 10.3. The molecule has 2 heterocycles. The van der Waals surface area contributed by atoms with Crippen molar-refractivity contribution in [2.24, 2.45) is 0 Å². The first-order valence-electron chi connectivity index (χ1n) is 6.94. The van der Waals surface area contributed by atoms with Gasteiger partial charge in [0.15, 0.2) is 10.8 Å². The second-order valence-electron chi connectivity index (χ2n) is 4.76. The second-order valence-corrected chi connectivity index (χ2v) is 5.79. The highest BCUT2D eigenvalue weighted by molar-refractivity contribution is 7.21. The van der Waals surface area contributed by atoms with Gasteiger partial charge in [-0.3, -0.25) is 5.32 Å². The van der Waals surface area contributed by atoms with E-state index in [0.717, 1.165) is 28.5 Å². The van der Waals surface area contributed by atoms with Gasteiger partial charge < -0.3 is 4.42 Å². The average molecular weight is 296 g/mol. The predicted octanol–water partition coefficient (Wildman–Crippen LogP) is 4.06. The highest BCUT2D eigenvalue weighted by Crippen LogP contribution is 2.31. The van der Waals surface area contributed by atoms with Crippen molar-refractivity contribution in [3.63, 3.8) is 0 Å². The van der Waals surface area contributed by atoms with Crippen LogP contribution in [0.4, 0.5) is 0 Å². The van der Waals surface area contributed by atoms with E-state index in [9.17, 15) is 0 Å². The van der Waals surface area contributed by atoms with Crippen molar-refractivity contribution < 1.29 is 4.42 Å². The molecule has 1 unspecified atom stereocenters. The molecular weight excluding hydrogens is 280 g/mol. The van der Waals surface area contributed by atoms with Crippen molar-refractivity contribution in [3.05, 3.63) is 42.2 Å². The minimum absolute atomic E-state index is 0.0843. The van der Waals surface area contributed by atoms with Crippen LogP contribution in [0.15, 0.2) is 40.8 Å². The molecule has 0 radical (unpaired) electrons. The van der Waals surface area contributed by atoms with Crippen molar-refractivity contribution in [2.75, 3.05) is 0 Å². The summed E-state index contributed by atoms with van der Waals surface area (Å²) in [5.41, 5.74) is 1.01. The first-order valence-corrected chi connectivity index (χ1v) is 7.76. The van der Waals surface area contributed by atoms with E-state index in [-0.39, 0.29) is 6.04 Å². The van der Waals surface area contributed by atoms with Gasteiger partial charge in [0.1, 0.15) is 5.76 Å². The summed E-state index contributed by atoms with van der Waals surface area (Å²) in [5, 5.41) is 4.19. The average Bonchev–Trinajstić information content (AvgIpc) is 3.14. The van der Waals surface area contributed by atoms with Crippen molar-refractivity contribution in [2.45, 2.75) is 25.9 Å². The van der Waals surface area contributed by atoms with Gasteiger partial charge >= 0.3 is 0 Å². The third kappa shape index (κ3) is 2.99. The normalized spacial score (nSPS) is 12.4. The number of rotatable bonds is 5. The topological polar surface area (TPSA) is 38.1 Å². The highest BCUT2D eigenvalue weighted by atomic mass is 32.1. The van der Waals surface area contributed by atoms with E-state index >= 15 is 0 Å². The van der Waals surface area contributed by atoms with Gasteiger partial charge in [-0.25, -0.2) is 4.98 Å². The Morgan fingerprint density at radius 2 is 2.19 bits per heavy atom. The van der Waals surface area contributed by atoms with Gasteiger partial charge in [0.05, 0.1) is 22.8 Å². The van der Waals surface area contributed by atoms with E-state index in [0.29, 0.717) is 6.54 Å². The van der Waals surface area contributed by atoms with Crippen LogP contribution in [0.2, 0.25) is 0 Å². The Kier molecular flexibility index (Phi) is 4.05. The Labute approximate surface area is 128 Å². The van der Waals surface area contributed by atoms with Gasteiger partial charge in [-0.2, -0.15) is 0 Å². The van der Waals surface area contributed by atoms with E-state index in [1.165, 1.54) is 4.70 Å². The zero-order valence-corrected chi connectivity index (χ0v) is 12.6. The lowest BCUT2D eigenvalue weighted by molar-refractivity contribution is 0.476. The summed E-state index contributed by atoms with van der Waals surface area (Å²) in [5.74, 6) is 4.40. The van der Waals surface area contributed by atoms with Crippen LogP contribution in [0.25, 0.3) is 21.0 Å². The molecule has 1 aromatic carbocycles. The van der Waals surface area contributed by atoms with Gasteiger partial charge in [-0.05, 0) is 30.7 Å². The van der Waals surface area contributed by atoms with Crippen molar-refractivity contribution >= 4 is 21.6 Å². The summed E-state index contributed by atoms with van der Waals surface area (Å²) in [7, 11) is 0. The number of hydrogen-bond acceptors (Lipinski definition) is 4. The summed E-state index contributed by atoms with van der Waals surface area (Å²) < 4.78 is 7.02. The minimum atomic E-state index is 0.0843. The Hall–Kier alpha value is -2.09. The molecule has 4 heteroatoms. The fraction of sp³-hybridized carbons (Fsp3) is 0.235. The van der Waals surface area contributed by atoms with Crippen molar-refractivity contribution in [1.29, 1.82) is 0 Å². The molecule has 0 bridgehead atoms. The monoisotopic (exact) mass is 296 g/mol. The molecule has 21 heavy (non-hydrogen) atoms. The Balaban J connectivity index is 1.77. The lowest BCUT2D eigenvalue weighted by Gasteiger charge is -2.08. The number of nitrogens with one attached hydrogen (secondary N) is 1. The van der Waals surface area contributed by atoms with Gasteiger partial charge in [0, 0.05) is 0 Å². The maximum Gasteiger partial charge on any atom is 0.163 e. The summed E-state index contributed by atoms with van der Waals surface area (Å²) in [4.78, 5) is 4.60. The van der Waals surface area contributed by atoms with Crippen LogP contribution < -0.4 is 5.32 Å². The van der Waals surface area contributed by atoms with Gasteiger partial charge in [-0.15, -0.1) is 17.8 Å². The number of terminal acetylenes is 1. The van der Waals surface area contributed by atoms with Crippen LogP contribution in [0.5, 0.6) is 0 Å². The minimum Gasteiger partial charge on any atom is -0.457 e. The molecule has 0 fully saturated rings. The van der Waals surface area contributed by atoms with E-state index in [1.54, 1.807) is 11.3 Å². The molecule has 0 aliphatic carbocycles. The number of furan rings is 1. The van der Waals surface area contributed by atoms with Crippen LogP contribution in [0.1, 0.15) is 19.1 Å². The Morgan fingerprint density at radius 1 is 1.33 bits per heavy atom. The van der Waals surface area contributed by atoms with E-state index < -0.39 is 0 Å². The number of fused-ring (bicyclic) bond motifs is 1. The van der Waals surface area contributed by atoms with Crippen LogP contribution >= 0.6 is 11.3 Å². The molecule has 1 N–H and O–H groups in total. The lowest BCUT2D eigenvalue weighted by atomic mass is 10.2. The first kappa shape index (κ1) is 13.9. The van der Waals surface area contributed by atoms with Gasteiger partial charge in [-0.1, -0.05) is 25.0 Å². The molecule has 3 rings (SSSR count). The van der Waals surface area contributed by atoms with Crippen LogP contribution in [0.3, 0.4) is 0 Å². The molecule has 1 atom stereocenters. The maximum atomic E-state index is 5.86. The van der Waals surface area contributed by atoms with E-state index in [1.807, 2.05) is 30.3 Å². The number of nitrogens with zero attached hydrogens (tertiary/aromatic N) is 1. The number of hydrogen-bond donors (Lipinski definition) is 1. The lowest BCUT2D eigenvalue weighted by Crippen LogP contribution is -2.25. The zero-order valence-electron chi connectivity index (χ0n) is 11.8. The van der Waals surface area contributed by atoms with Crippen molar-refractivity contribution in [1.82, 2.24) is 10.3 Å². The molecule has 0 saturated heterocycles. The van der Waals surface area contributed by atoms with Crippen LogP contribution in [-0.4, -0.2) is 11.0 Å². The third-order valence-corrected chi connectivity index (χ3v) is 4.35. The number of thiazole rings is 1. The fourth-order valence-electron chi connectivity index (χ4n) is 2.11. The van der Waals surface area contributed by atoms with Crippen molar-refractivity contribution in [3.8, 4) is 23.1 Å². The number of benzene rings is 1. The second kappa shape index (κ2) is 6.13. The fourth-order valence-corrected chi connectivity index (χ4v) is 3.04. The summed E-state index contributed by atoms with van der Waals surface area (Å²) in [6.07, 6.45) is 6.34. The molecular formula is C17H16N2OS. The van der Waals surface area contributed by atoms with Gasteiger partial charge in [0.25, 0.3) is 0 Å². The summed E-state index contributed by atoms with van der Waals surface area (Å²) in [6, 6.07) is 12.1. The number of aromatic nitrogens is 1. The summed E-state index contributed by atoms with van der Waals surface area (Å²) in [6.45, 7) is 2.69. The number of para-hydroxylation sites is 1. The molecule has 0 spiro atoms. The van der Waals surface area contributed by atoms with Crippen LogP contribution in [-0.2, 0) is 6.54 Å². The Morgan fingerprint density at radius 3 is 2.95 bits per heavy atom. The highest BCUT2D eigenvalue weighted by Gasteiger charge is 2.11. The largest absolute Gasteiger partial charge is 0.457 e. The maximum absolute atomic E-state index is 5.86. The van der Waals surface area contributed by atoms with Crippen LogP contribution in [0, 0.1) is 12.3 Å². The zero-order chi connectivity index (χ0) is 14.7. The third-order valence-electron chi connectivity index (χ3n) is 3.30. The smallest absolute Gasteiger partial charge is 0.163 e. The SMILES string of the molecule is C#CC(CC)NCc1ccc(-c2nc3ccccc3s2)o1. The molecule has 0 aliphatic heterocycles. The molecule has 3 aromatic rings. The molecule has 0 amide bonds. The summed E-state index contributed by atoms with van der Waals surface area (Å²) >= 11 is 1.64. The molecule has 0 saturated carbocycles. The van der Waals surface area contributed by atoms with E-state index in [4.69, 9.17) is 10.8 Å². The predicted molar refractivity (Wildman–Crippen MR) is 87.1 cm³/mol. The van der Waals surface area contributed by atoms with E-state index in [2.05, 4.69) is 29.2 Å². The molecule has 2 aromatic heterocycles. The molecule has 3 nitrogen and oxygen atoms in total.